The van der Waals surface area contributed by atoms with Crippen LogP contribution >= 0.6 is 0 Å². The third-order valence-corrected chi connectivity index (χ3v) is 11.1. The predicted molar refractivity (Wildman–Crippen MR) is 126 cm³/mol. The van der Waals surface area contributed by atoms with Crippen LogP contribution in [-0.2, 0) is 28.7 Å². The summed E-state index contributed by atoms with van der Waals surface area (Å²) < 4.78 is 11.1. The van der Waals surface area contributed by atoms with E-state index >= 15 is 0 Å². The fourth-order valence-electron chi connectivity index (χ4n) is 9.43. The van der Waals surface area contributed by atoms with Crippen LogP contribution in [-0.4, -0.2) is 36.7 Å². The van der Waals surface area contributed by atoms with E-state index in [9.17, 15) is 19.2 Å². The van der Waals surface area contributed by atoms with Crippen molar-refractivity contribution in [2.24, 2.45) is 44.8 Å². The second-order valence-corrected chi connectivity index (χ2v) is 12.6. The smallest absolute Gasteiger partial charge is 0.321 e. The van der Waals surface area contributed by atoms with Crippen LogP contribution in [0.2, 0.25) is 0 Å². The topological polar surface area (TPSA) is 86.7 Å². The molecule has 188 valence electrons. The van der Waals surface area contributed by atoms with E-state index in [0.29, 0.717) is 6.42 Å². The molecular weight excluding hydrogens is 432 g/mol. The summed E-state index contributed by atoms with van der Waals surface area (Å²) >= 11 is 0. The molecule has 0 radical (unpaired) electrons. The number of esters is 2. The van der Waals surface area contributed by atoms with E-state index in [-0.39, 0.29) is 46.3 Å². The van der Waals surface area contributed by atoms with Crippen LogP contribution in [0.1, 0.15) is 81.1 Å². The summed E-state index contributed by atoms with van der Waals surface area (Å²) in [5, 5.41) is 0. The first kappa shape index (κ1) is 25.1. The van der Waals surface area contributed by atoms with Crippen LogP contribution in [0.15, 0.2) is 11.6 Å². The summed E-state index contributed by atoms with van der Waals surface area (Å²) in [5.41, 5.74) is -3.21. The molecule has 0 aromatic carbocycles. The van der Waals surface area contributed by atoms with E-state index < -0.39 is 28.1 Å². The minimum absolute atomic E-state index is 0.0921. The highest BCUT2D eigenvalue weighted by atomic mass is 16.5. The minimum atomic E-state index is -1.54. The van der Waals surface area contributed by atoms with Gasteiger partial charge in [0.1, 0.15) is 11.5 Å². The zero-order valence-corrected chi connectivity index (χ0v) is 22.2. The second kappa shape index (κ2) is 7.27. The third-order valence-electron chi connectivity index (χ3n) is 11.1. The number of fused-ring (bicyclic) bond motifs is 5. The van der Waals surface area contributed by atoms with Crippen LogP contribution in [0.5, 0.6) is 0 Å². The molecule has 0 spiro atoms. The van der Waals surface area contributed by atoms with E-state index in [2.05, 4.69) is 26.8 Å². The largest absolute Gasteiger partial charge is 0.468 e. The first-order valence-electron chi connectivity index (χ1n) is 12.6. The van der Waals surface area contributed by atoms with Gasteiger partial charge < -0.3 is 9.47 Å². The zero-order chi connectivity index (χ0) is 25.6. The molecule has 0 N–H and O–H groups in total. The van der Waals surface area contributed by atoms with E-state index in [4.69, 9.17) is 9.47 Å². The molecule has 0 aromatic rings. The highest BCUT2D eigenvalue weighted by Gasteiger charge is 2.82. The van der Waals surface area contributed by atoms with Crippen molar-refractivity contribution in [1.29, 1.82) is 0 Å². The van der Waals surface area contributed by atoms with Crippen LogP contribution in [0, 0.1) is 44.8 Å². The number of hydrogen-bond acceptors (Lipinski definition) is 6. The molecule has 4 rings (SSSR count). The van der Waals surface area contributed by atoms with Gasteiger partial charge in [-0.2, -0.15) is 0 Å². The molecule has 0 aromatic heterocycles. The van der Waals surface area contributed by atoms with Gasteiger partial charge in [-0.3, -0.25) is 19.2 Å². The molecule has 0 bridgehead atoms. The average molecular weight is 473 g/mol. The van der Waals surface area contributed by atoms with Crippen molar-refractivity contribution in [3.63, 3.8) is 0 Å². The lowest BCUT2D eigenvalue weighted by Gasteiger charge is -2.68. The molecule has 0 amide bonds. The summed E-state index contributed by atoms with van der Waals surface area (Å²) in [6.07, 6.45) is 4.98. The molecule has 6 heteroatoms. The Morgan fingerprint density at radius 3 is 2.18 bits per heavy atom. The standard InChI is InChI=1S/C28H40O6/c1-15-14-19-25(6)12-11-20(34-17(3)29)24(4,5)18(25)10-13-26(19,7)28(23(32)33-9)22(31)16(2)21(30)27(15,28)8/h14,16,18-20H,10-13H2,1-9H3/t16?,18-,19+,20+,25?,26+,27?,28-/m1/s1. The van der Waals surface area contributed by atoms with E-state index in [1.807, 2.05) is 13.8 Å². The fraction of sp³-hybridized carbons (Fsp3) is 0.786. The molecular formula is C28H40O6. The summed E-state index contributed by atoms with van der Waals surface area (Å²) in [5.74, 6) is -2.02. The fourth-order valence-corrected chi connectivity index (χ4v) is 9.43. The molecule has 0 heterocycles. The Morgan fingerprint density at radius 2 is 1.62 bits per heavy atom. The second-order valence-electron chi connectivity index (χ2n) is 12.6. The van der Waals surface area contributed by atoms with Gasteiger partial charge in [-0.05, 0) is 69.1 Å². The Balaban J connectivity index is 1.95. The number of Topliss-reactive ketones (excluding diaryl/α,β-unsaturated/α-hetero) is 2. The Kier molecular flexibility index (Phi) is 5.37. The maximum atomic E-state index is 14.0. The summed E-state index contributed by atoms with van der Waals surface area (Å²) in [7, 11) is 1.32. The number of hydrogen-bond donors (Lipinski definition) is 0. The number of carbonyl (C=O) groups excluding carboxylic acids is 4. The van der Waals surface area contributed by atoms with Crippen molar-refractivity contribution >= 4 is 23.5 Å². The van der Waals surface area contributed by atoms with Crippen LogP contribution in [0.3, 0.4) is 0 Å². The normalized spacial score (nSPS) is 47.1. The number of allylic oxidation sites excluding steroid dienone is 2. The van der Waals surface area contributed by atoms with Gasteiger partial charge in [-0.15, -0.1) is 0 Å². The first-order chi connectivity index (χ1) is 15.6. The molecule has 0 aliphatic heterocycles. The van der Waals surface area contributed by atoms with Crippen molar-refractivity contribution in [2.75, 3.05) is 7.11 Å². The van der Waals surface area contributed by atoms with Gasteiger partial charge in [-0.25, -0.2) is 0 Å². The molecule has 6 nitrogen and oxygen atoms in total. The van der Waals surface area contributed by atoms with E-state index in [1.165, 1.54) is 14.0 Å². The maximum absolute atomic E-state index is 14.0. The molecule has 3 fully saturated rings. The predicted octanol–water partition coefficient (Wildman–Crippen LogP) is 4.69. The Bertz CT molecular complexity index is 1010. The van der Waals surface area contributed by atoms with Crippen molar-refractivity contribution in [3.8, 4) is 0 Å². The molecule has 0 saturated heterocycles. The number of ether oxygens (including phenoxy) is 2. The quantitative estimate of drug-likeness (QED) is 0.329. The van der Waals surface area contributed by atoms with Gasteiger partial charge in [0, 0.05) is 12.3 Å². The number of carbonyl (C=O) groups is 4. The van der Waals surface area contributed by atoms with Crippen LogP contribution in [0.25, 0.3) is 0 Å². The zero-order valence-electron chi connectivity index (χ0n) is 22.2. The summed E-state index contributed by atoms with van der Waals surface area (Å²) in [6.45, 7) is 15.5. The number of rotatable bonds is 2. The highest BCUT2D eigenvalue weighted by molar-refractivity contribution is 6.25. The SMILES string of the molecule is COC(=O)[C@@]12C(=O)C(C)C(=O)C1(C)C(C)=C[C@H]1C3(C)CC[C@H](OC(C)=O)C(C)(C)[C@H]3CC[C@@]12C. The van der Waals surface area contributed by atoms with Gasteiger partial charge in [0.05, 0.1) is 18.4 Å². The Labute approximate surface area is 203 Å². The third kappa shape index (κ3) is 2.53. The van der Waals surface area contributed by atoms with E-state index in [1.54, 1.807) is 13.8 Å². The van der Waals surface area contributed by atoms with E-state index in [0.717, 1.165) is 24.8 Å². The highest BCUT2D eigenvalue weighted by Crippen LogP contribution is 2.76. The lowest BCUT2D eigenvalue weighted by molar-refractivity contribution is -0.218. The average Bonchev–Trinajstić information content (AvgIpc) is 2.91. The number of methoxy groups -OCH3 is 1. The van der Waals surface area contributed by atoms with Crippen molar-refractivity contribution in [2.45, 2.75) is 87.2 Å². The monoisotopic (exact) mass is 472 g/mol. The van der Waals surface area contributed by atoms with Gasteiger partial charge in [0.2, 0.25) is 0 Å². The maximum Gasteiger partial charge on any atom is 0.321 e. The Morgan fingerprint density at radius 1 is 1.00 bits per heavy atom. The van der Waals surface area contributed by atoms with Crippen molar-refractivity contribution in [3.05, 3.63) is 11.6 Å². The summed E-state index contributed by atoms with van der Waals surface area (Å²) in [4.78, 5) is 53.2. The number of ketones is 2. The van der Waals surface area contributed by atoms with Gasteiger partial charge in [0.25, 0.3) is 0 Å². The molecule has 3 saturated carbocycles. The lowest BCUT2D eigenvalue weighted by Crippen LogP contribution is -2.69. The molecule has 34 heavy (non-hydrogen) atoms. The molecule has 4 aliphatic rings. The lowest BCUT2D eigenvalue weighted by atomic mass is 9.34. The van der Waals surface area contributed by atoms with Gasteiger partial charge >= 0.3 is 11.9 Å². The summed E-state index contributed by atoms with van der Waals surface area (Å²) in [6, 6.07) is 0. The van der Waals surface area contributed by atoms with Crippen molar-refractivity contribution < 1.29 is 28.7 Å². The van der Waals surface area contributed by atoms with Crippen LogP contribution < -0.4 is 0 Å². The molecule has 3 unspecified atom stereocenters. The van der Waals surface area contributed by atoms with Crippen LogP contribution in [0.4, 0.5) is 0 Å². The first-order valence-corrected chi connectivity index (χ1v) is 12.6. The minimum Gasteiger partial charge on any atom is -0.468 e. The van der Waals surface area contributed by atoms with Gasteiger partial charge in [0.15, 0.2) is 11.6 Å². The molecule has 4 aliphatic carbocycles. The van der Waals surface area contributed by atoms with Crippen molar-refractivity contribution in [1.82, 2.24) is 0 Å². The Hall–Kier alpha value is -1.98. The van der Waals surface area contributed by atoms with Gasteiger partial charge in [-0.1, -0.05) is 39.3 Å². The molecule has 8 atom stereocenters.